The van der Waals surface area contributed by atoms with Crippen LogP contribution in [0.2, 0.25) is 0 Å². The Morgan fingerprint density at radius 3 is 2.65 bits per heavy atom. The van der Waals surface area contributed by atoms with Gasteiger partial charge in [0.15, 0.2) is 0 Å². The van der Waals surface area contributed by atoms with Gasteiger partial charge in [-0.15, -0.1) is 0 Å². The zero-order valence-corrected chi connectivity index (χ0v) is 13.1. The summed E-state index contributed by atoms with van der Waals surface area (Å²) in [5, 5.41) is 8.37. The zero-order valence-electron chi connectivity index (χ0n) is 13.1. The van der Waals surface area contributed by atoms with E-state index in [4.69, 9.17) is 5.26 Å². The van der Waals surface area contributed by atoms with Crippen molar-refractivity contribution < 1.29 is 0 Å². The van der Waals surface area contributed by atoms with Crippen LogP contribution in [-0.4, -0.2) is 0 Å². The van der Waals surface area contributed by atoms with Crippen molar-refractivity contribution in [3.63, 3.8) is 0 Å². The van der Waals surface area contributed by atoms with Crippen molar-refractivity contribution in [3.8, 4) is 6.07 Å². The second kappa shape index (κ2) is 7.70. The minimum absolute atomic E-state index is 0.296. The lowest BCUT2D eigenvalue weighted by Gasteiger charge is -2.32. The molecule has 106 valence electrons. The lowest BCUT2D eigenvalue weighted by Crippen LogP contribution is -2.19. The number of nitrogens with zero attached hydrogens (tertiary/aromatic N) is 1. The van der Waals surface area contributed by atoms with Gasteiger partial charge in [-0.05, 0) is 44.1 Å². The van der Waals surface area contributed by atoms with Crippen LogP contribution in [0, 0.1) is 16.7 Å². The summed E-state index contributed by atoms with van der Waals surface area (Å²) in [5.41, 5.74) is 4.53. The molecule has 1 rings (SSSR count). The van der Waals surface area contributed by atoms with Crippen molar-refractivity contribution in [1.82, 2.24) is 0 Å². The van der Waals surface area contributed by atoms with Crippen molar-refractivity contribution in [2.45, 2.75) is 47.0 Å². The van der Waals surface area contributed by atoms with E-state index in [0.29, 0.717) is 5.41 Å². The smallest absolute Gasteiger partial charge is 0.0912 e. The van der Waals surface area contributed by atoms with Crippen LogP contribution in [0.5, 0.6) is 0 Å². The summed E-state index contributed by atoms with van der Waals surface area (Å²) in [4.78, 5) is 0. The molecule has 0 bridgehead atoms. The molecular formula is C19H25N. The van der Waals surface area contributed by atoms with E-state index in [1.54, 1.807) is 6.08 Å². The van der Waals surface area contributed by atoms with E-state index in [2.05, 4.69) is 45.9 Å². The molecule has 0 aromatic rings. The Bertz CT molecular complexity index is 516. The molecule has 1 heteroatoms. The predicted molar refractivity (Wildman–Crippen MR) is 87.1 cm³/mol. The summed E-state index contributed by atoms with van der Waals surface area (Å²) in [5.74, 6) is 0. The van der Waals surface area contributed by atoms with Crippen LogP contribution in [0.3, 0.4) is 0 Å². The normalized spacial score (nSPS) is 20.2. The number of rotatable bonds is 4. The fourth-order valence-corrected chi connectivity index (χ4v) is 2.65. The zero-order chi connectivity index (χ0) is 15.0. The lowest BCUT2D eigenvalue weighted by molar-refractivity contribution is 0.377. The van der Waals surface area contributed by atoms with E-state index in [1.165, 1.54) is 42.1 Å². The summed E-state index contributed by atoms with van der Waals surface area (Å²) in [6.07, 6.45) is 17.4. The van der Waals surface area contributed by atoms with E-state index in [-0.39, 0.29) is 0 Å². The van der Waals surface area contributed by atoms with Crippen molar-refractivity contribution in [1.29, 1.82) is 5.26 Å². The third kappa shape index (κ3) is 5.05. The van der Waals surface area contributed by atoms with Gasteiger partial charge in [-0.1, -0.05) is 61.4 Å². The second-order valence-corrected chi connectivity index (χ2v) is 6.05. The first-order chi connectivity index (χ1) is 9.47. The highest BCUT2D eigenvalue weighted by molar-refractivity contribution is 5.36. The number of allylic oxidation sites excluding steroid dienone is 10. The van der Waals surface area contributed by atoms with Crippen LogP contribution in [0.4, 0.5) is 0 Å². The molecule has 0 saturated carbocycles. The highest BCUT2D eigenvalue weighted by atomic mass is 14.3. The van der Waals surface area contributed by atoms with Gasteiger partial charge in [0.25, 0.3) is 0 Å². The molecule has 0 aromatic heterocycles. The Balaban J connectivity index is 2.76. The quantitative estimate of drug-likeness (QED) is 0.477. The third-order valence-electron chi connectivity index (χ3n) is 3.81. The van der Waals surface area contributed by atoms with Crippen molar-refractivity contribution in [2.24, 2.45) is 5.41 Å². The highest BCUT2D eigenvalue weighted by Gasteiger charge is 2.26. The highest BCUT2D eigenvalue weighted by Crippen LogP contribution is 2.40. The molecule has 0 heterocycles. The SMILES string of the molecule is CC1=C(/C=C/C(C)=C/C=C/C=C/C#N)C(C)(C)CCC1. The van der Waals surface area contributed by atoms with Gasteiger partial charge in [0.05, 0.1) is 6.07 Å². The van der Waals surface area contributed by atoms with E-state index >= 15 is 0 Å². The van der Waals surface area contributed by atoms with Crippen LogP contribution >= 0.6 is 0 Å². The van der Waals surface area contributed by atoms with Crippen LogP contribution in [-0.2, 0) is 0 Å². The summed E-state index contributed by atoms with van der Waals surface area (Å²) >= 11 is 0. The average molecular weight is 267 g/mol. The summed E-state index contributed by atoms with van der Waals surface area (Å²) < 4.78 is 0. The Labute approximate surface area is 123 Å². The second-order valence-electron chi connectivity index (χ2n) is 6.05. The van der Waals surface area contributed by atoms with Crippen LogP contribution in [0.25, 0.3) is 0 Å². The molecule has 0 aliphatic heterocycles. The monoisotopic (exact) mass is 267 g/mol. The molecule has 1 aliphatic carbocycles. The topological polar surface area (TPSA) is 23.8 Å². The van der Waals surface area contributed by atoms with Crippen LogP contribution < -0.4 is 0 Å². The maximum atomic E-state index is 8.37. The Hall–Kier alpha value is -1.81. The predicted octanol–water partition coefficient (Wildman–Crippen LogP) is 5.65. The Morgan fingerprint density at radius 1 is 1.25 bits per heavy atom. The number of hydrogen-bond acceptors (Lipinski definition) is 1. The number of hydrogen-bond donors (Lipinski definition) is 0. The minimum atomic E-state index is 0.296. The van der Waals surface area contributed by atoms with Gasteiger partial charge in [-0.2, -0.15) is 5.26 Å². The van der Waals surface area contributed by atoms with Gasteiger partial charge in [0.2, 0.25) is 0 Å². The fourth-order valence-electron chi connectivity index (χ4n) is 2.65. The largest absolute Gasteiger partial charge is 0.193 e. The lowest BCUT2D eigenvalue weighted by atomic mass is 9.72. The third-order valence-corrected chi connectivity index (χ3v) is 3.81. The molecule has 1 aliphatic rings. The summed E-state index contributed by atoms with van der Waals surface area (Å²) in [7, 11) is 0. The molecule has 0 fully saturated rings. The molecule has 0 atom stereocenters. The van der Waals surface area contributed by atoms with Gasteiger partial charge in [-0.3, -0.25) is 0 Å². The molecular weight excluding hydrogens is 242 g/mol. The first kappa shape index (κ1) is 16.2. The summed E-state index contributed by atoms with van der Waals surface area (Å²) in [6.45, 7) is 9.02. The van der Waals surface area contributed by atoms with E-state index in [0.717, 1.165) is 0 Å². The van der Waals surface area contributed by atoms with E-state index < -0.39 is 0 Å². The molecule has 20 heavy (non-hydrogen) atoms. The Kier molecular flexibility index (Phi) is 6.25. The maximum absolute atomic E-state index is 8.37. The van der Waals surface area contributed by atoms with Gasteiger partial charge in [-0.25, -0.2) is 0 Å². The molecule has 0 N–H and O–H groups in total. The summed E-state index contributed by atoms with van der Waals surface area (Å²) in [6, 6.07) is 1.97. The van der Waals surface area contributed by atoms with Crippen LogP contribution in [0.1, 0.15) is 47.0 Å². The first-order valence-corrected chi connectivity index (χ1v) is 7.25. The molecule has 0 aromatic carbocycles. The molecule has 0 amide bonds. The molecule has 0 saturated heterocycles. The van der Waals surface area contributed by atoms with Gasteiger partial charge in [0, 0.05) is 6.08 Å². The molecule has 0 radical (unpaired) electrons. The van der Waals surface area contributed by atoms with Gasteiger partial charge >= 0.3 is 0 Å². The van der Waals surface area contributed by atoms with Crippen molar-refractivity contribution in [3.05, 3.63) is 59.3 Å². The molecule has 1 nitrogen and oxygen atoms in total. The fraction of sp³-hybridized carbons (Fsp3) is 0.421. The molecule has 0 unspecified atom stereocenters. The maximum Gasteiger partial charge on any atom is 0.0912 e. The van der Waals surface area contributed by atoms with Gasteiger partial charge < -0.3 is 0 Å². The van der Waals surface area contributed by atoms with Crippen molar-refractivity contribution >= 4 is 0 Å². The van der Waals surface area contributed by atoms with Crippen LogP contribution in [0.15, 0.2) is 59.3 Å². The average Bonchev–Trinajstić information content (AvgIpc) is 2.37. The first-order valence-electron chi connectivity index (χ1n) is 7.25. The Morgan fingerprint density at radius 2 is 2.00 bits per heavy atom. The standard InChI is InChI=1S/C19H25N/c1-16(10-7-5-6-8-15-20)12-13-18-17(2)11-9-14-19(18,3)4/h5-8,10,12-13H,9,11,14H2,1-4H3/b7-5+,8-6+,13-12+,16-10+. The van der Waals surface area contributed by atoms with Crippen molar-refractivity contribution in [2.75, 3.05) is 0 Å². The molecule has 0 spiro atoms. The van der Waals surface area contributed by atoms with E-state index in [9.17, 15) is 0 Å². The van der Waals surface area contributed by atoms with E-state index in [1.807, 2.05) is 18.2 Å². The minimum Gasteiger partial charge on any atom is -0.193 e. The van der Waals surface area contributed by atoms with Gasteiger partial charge in [0.1, 0.15) is 0 Å². The number of nitriles is 1.